The van der Waals surface area contributed by atoms with Crippen LogP contribution in [0.5, 0.6) is 0 Å². The number of hydrogen-bond donors (Lipinski definition) is 0. The number of anilines is 1. The van der Waals surface area contributed by atoms with E-state index in [0.717, 1.165) is 96.7 Å². The number of benzene rings is 3. The molecule has 1 amide bonds. The van der Waals surface area contributed by atoms with Crippen LogP contribution < -0.4 is 14.8 Å². The number of esters is 1. The Labute approximate surface area is 278 Å². The van der Waals surface area contributed by atoms with Crippen molar-refractivity contribution in [1.29, 1.82) is 0 Å². The largest absolute Gasteiger partial charge is 0.462 e. The maximum absolute atomic E-state index is 14.2. The molecule has 0 bridgehead atoms. The molecule has 0 radical (unpaired) electrons. The van der Waals surface area contributed by atoms with E-state index in [1.807, 2.05) is 23.1 Å². The fraction of sp³-hybridized carbons (Fsp3) is 0.410. The lowest BCUT2D eigenvalue weighted by Crippen LogP contribution is -2.49. The molecular formula is C39H49N4O4+. The van der Waals surface area contributed by atoms with E-state index in [-0.39, 0.29) is 11.9 Å². The number of rotatable bonds is 12. The van der Waals surface area contributed by atoms with Crippen molar-refractivity contribution in [1.82, 2.24) is 14.4 Å². The molecule has 3 aliphatic rings. The quantitative estimate of drug-likeness (QED) is 0.0612. The molecule has 0 saturated carbocycles. The van der Waals surface area contributed by atoms with Crippen LogP contribution in [-0.4, -0.2) is 87.2 Å². The molecule has 0 spiro atoms. The molecule has 2 aliphatic heterocycles. The zero-order chi connectivity index (χ0) is 33.5. The lowest BCUT2D eigenvalue weighted by Gasteiger charge is -2.35. The van der Waals surface area contributed by atoms with Crippen molar-refractivity contribution in [3.05, 3.63) is 83.7 Å². The Bertz CT molecular complexity index is 1770. The number of piperazine rings is 1. The lowest BCUT2D eigenvalue weighted by atomic mass is 9.90. The predicted molar refractivity (Wildman–Crippen MR) is 191 cm³/mol. The van der Waals surface area contributed by atoms with E-state index in [1.165, 1.54) is 0 Å². The molecule has 1 fully saturated rings. The van der Waals surface area contributed by atoms with Gasteiger partial charge in [-0.1, -0.05) is 24.8 Å². The third-order valence-corrected chi connectivity index (χ3v) is 9.23. The Balaban J connectivity index is 1.49. The molecular weight excluding hydrogens is 588 g/mol. The highest BCUT2D eigenvalue weighted by Crippen LogP contribution is 2.42. The first-order valence-electron chi connectivity index (χ1n) is 17.1. The maximum Gasteiger partial charge on any atom is 0.333 e. The van der Waals surface area contributed by atoms with Crippen LogP contribution >= 0.6 is 0 Å². The highest BCUT2D eigenvalue weighted by molar-refractivity contribution is 6.09. The fourth-order valence-corrected chi connectivity index (χ4v) is 6.54. The van der Waals surface area contributed by atoms with Gasteiger partial charge in [-0.15, -0.1) is 0 Å². The summed E-state index contributed by atoms with van der Waals surface area (Å²) in [4.78, 5) is 32.5. The molecule has 2 heterocycles. The summed E-state index contributed by atoms with van der Waals surface area (Å²) < 4.78 is 14.2. The van der Waals surface area contributed by atoms with Crippen LogP contribution in [0.3, 0.4) is 0 Å². The minimum atomic E-state index is -0.347. The number of hydrogen-bond acceptors (Lipinski definition) is 6. The van der Waals surface area contributed by atoms with E-state index in [1.54, 1.807) is 6.92 Å². The first-order chi connectivity index (χ1) is 22.8. The van der Waals surface area contributed by atoms with Crippen LogP contribution in [-0.2, 0) is 9.53 Å². The van der Waals surface area contributed by atoms with Crippen molar-refractivity contribution in [2.24, 2.45) is 0 Å². The number of amides is 1. The van der Waals surface area contributed by atoms with Gasteiger partial charge < -0.3 is 19.0 Å². The zero-order valence-corrected chi connectivity index (χ0v) is 28.7. The second-order valence-corrected chi connectivity index (χ2v) is 12.1. The van der Waals surface area contributed by atoms with Crippen molar-refractivity contribution in [2.75, 3.05) is 70.4 Å². The van der Waals surface area contributed by atoms with E-state index >= 15 is 0 Å². The minimum absolute atomic E-state index is 0.0391. The summed E-state index contributed by atoms with van der Waals surface area (Å²) in [5, 5.41) is 2.11. The normalized spacial score (nSPS) is 13.6. The van der Waals surface area contributed by atoms with Gasteiger partial charge in [0.05, 0.1) is 12.7 Å². The number of carbonyl (C=O) groups is 2. The lowest BCUT2D eigenvalue weighted by molar-refractivity contribution is -0.139. The van der Waals surface area contributed by atoms with Gasteiger partial charge in [-0.2, -0.15) is 0 Å². The molecule has 47 heavy (non-hydrogen) atoms. The van der Waals surface area contributed by atoms with Gasteiger partial charge in [-0.3, -0.25) is 9.69 Å². The summed E-state index contributed by atoms with van der Waals surface area (Å²) in [5.41, 5.74) is 5.95. The number of nitrogens with zero attached hydrogens (tertiary/aromatic N) is 4. The SMILES string of the molecule is C=C(C)C(=O)OCCCN1CCN(C(=O)c2ccccc2-c2c3ccc(=[N+](CC)CC)cc-3oc3cc(N(CC)CC)ccc23)CC1. The van der Waals surface area contributed by atoms with Gasteiger partial charge >= 0.3 is 5.97 Å². The molecule has 8 heteroatoms. The van der Waals surface area contributed by atoms with Crippen LogP contribution in [0.15, 0.2) is 77.2 Å². The second kappa shape index (κ2) is 15.4. The van der Waals surface area contributed by atoms with Gasteiger partial charge in [0.1, 0.15) is 24.4 Å². The van der Waals surface area contributed by atoms with Crippen molar-refractivity contribution >= 4 is 28.5 Å². The topological polar surface area (TPSA) is 69.2 Å². The van der Waals surface area contributed by atoms with Crippen molar-refractivity contribution in [3.8, 4) is 22.5 Å². The van der Waals surface area contributed by atoms with Gasteiger partial charge in [-0.25, -0.2) is 9.37 Å². The summed E-state index contributed by atoms with van der Waals surface area (Å²) in [7, 11) is 0. The van der Waals surface area contributed by atoms with E-state index in [2.05, 4.69) is 91.1 Å². The molecule has 2 aromatic rings. The fourth-order valence-electron chi connectivity index (χ4n) is 6.54. The molecule has 5 rings (SSSR count). The summed E-state index contributed by atoms with van der Waals surface area (Å²) in [6, 6.07) is 20.9. The standard InChI is InChI=1S/C39H49N4O4/c1-7-41(8-2)29-16-18-33-35(26-29)47-36-27-30(42(9-3)10-4)17-19-34(36)37(33)31-14-11-12-15-32(31)38(44)43-23-21-40(22-24-43)20-13-25-46-39(45)28(5)6/h11-12,14-19,26-27H,5,7-10,13,20-25H2,1-4,6H3/q+1. The molecule has 0 atom stereocenters. The molecule has 0 unspecified atom stereocenters. The third kappa shape index (κ3) is 7.43. The van der Waals surface area contributed by atoms with Crippen LogP contribution in [0.2, 0.25) is 0 Å². The molecule has 1 saturated heterocycles. The molecule has 0 N–H and O–H groups in total. The summed E-state index contributed by atoms with van der Waals surface area (Å²) in [5.74, 6) is 0.496. The molecule has 8 nitrogen and oxygen atoms in total. The van der Waals surface area contributed by atoms with Gasteiger partial charge in [0.15, 0.2) is 0 Å². The van der Waals surface area contributed by atoms with E-state index in [0.29, 0.717) is 30.8 Å². The zero-order valence-electron chi connectivity index (χ0n) is 28.7. The molecule has 0 aromatic heterocycles. The minimum Gasteiger partial charge on any atom is -0.462 e. The Morgan fingerprint density at radius 3 is 2.32 bits per heavy atom. The number of ether oxygens (including phenoxy) is 1. The van der Waals surface area contributed by atoms with Crippen molar-refractivity contribution < 1.29 is 18.7 Å². The van der Waals surface area contributed by atoms with Crippen LogP contribution in [0.25, 0.3) is 33.4 Å². The third-order valence-electron chi connectivity index (χ3n) is 9.23. The van der Waals surface area contributed by atoms with Gasteiger partial charge in [0, 0.05) is 91.3 Å². The van der Waals surface area contributed by atoms with Gasteiger partial charge in [-0.05, 0) is 70.9 Å². The molecule has 2 aromatic carbocycles. The Morgan fingerprint density at radius 2 is 1.64 bits per heavy atom. The highest BCUT2D eigenvalue weighted by Gasteiger charge is 2.27. The van der Waals surface area contributed by atoms with Gasteiger partial charge in [0.25, 0.3) is 5.91 Å². The maximum atomic E-state index is 14.2. The first-order valence-corrected chi connectivity index (χ1v) is 17.1. The van der Waals surface area contributed by atoms with Gasteiger partial charge in [0.2, 0.25) is 5.36 Å². The predicted octanol–water partition coefficient (Wildman–Crippen LogP) is 6.13. The van der Waals surface area contributed by atoms with E-state index < -0.39 is 0 Å². The smallest absolute Gasteiger partial charge is 0.333 e. The van der Waals surface area contributed by atoms with Crippen molar-refractivity contribution in [3.63, 3.8) is 0 Å². The summed E-state index contributed by atoms with van der Waals surface area (Å²) >= 11 is 0. The second-order valence-electron chi connectivity index (χ2n) is 12.1. The molecule has 1 aliphatic carbocycles. The number of fused-ring (bicyclic) bond motifs is 2. The highest BCUT2D eigenvalue weighted by atomic mass is 16.5. The number of carbonyl (C=O) groups excluding carboxylic acids is 2. The van der Waals surface area contributed by atoms with Crippen LogP contribution in [0.1, 0.15) is 51.4 Å². The monoisotopic (exact) mass is 637 g/mol. The summed E-state index contributed by atoms with van der Waals surface area (Å²) in [6.07, 6.45) is 0.751. The van der Waals surface area contributed by atoms with Crippen molar-refractivity contribution in [2.45, 2.75) is 41.0 Å². The first kappa shape index (κ1) is 33.9. The van der Waals surface area contributed by atoms with Crippen LogP contribution in [0, 0.1) is 0 Å². The Kier molecular flexibility index (Phi) is 11.1. The molecule has 248 valence electrons. The van der Waals surface area contributed by atoms with E-state index in [9.17, 15) is 9.59 Å². The average Bonchev–Trinajstić information content (AvgIpc) is 3.10. The summed E-state index contributed by atoms with van der Waals surface area (Å²) in [6.45, 7) is 21.6. The Morgan fingerprint density at radius 1 is 0.915 bits per heavy atom. The van der Waals surface area contributed by atoms with E-state index in [4.69, 9.17) is 9.15 Å². The van der Waals surface area contributed by atoms with Crippen LogP contribution in [0.4, 0.5) is 5.69 Å². The Hall–Kier alpha value is -4.43. The average molecular weight is 638 g/mol.